The molecule has 0 aliphatic carbocycles. The number of pyridine rings is 2. The van der Waals surface area contributed by atoms with Gasteiger partial charge < -0.3 is 14.5 Å². The van der Waals surface area contributed by atoms with E-state index >= 15 is 0 Å². The number of carboxylic acid groups (broad SMARTS) is 1. The first-order valence-electron chi connectivity index (χ1n) is 8.39. The van der Waals surface area contributed by atoms with Crippen LogP contribution in [0.1, 0.15) is 12.8 Å². The van der Waals surface area contributed by atoms with E-state index in [4.69, 9.17) is 4.52 Å². The minimum Gasteiger partial charge on any atom is -0.481 e. The average Bonchev–Trinajstić information content (AvgIpc) is 3.19. The Morgan fingerprint density at radius 3 is 3.00 bits per heavy atom. The van der Waals surface area contributed by atoms with E-state index in [-0.39, 0.29) is 5.92 Å². The summed E-state index contributed by atoms with van der Waals surface area (Å²) in [4.78, 5) is 26.1. The second-order valence-electron chi connectivity index (χ2n) is 6.19. The van der Waals surface area contributed by atoms with Gasteiger partial charge in [0, 0.05) is 42.8 Å². The summed E-state index contributed by atoms with van der Waals surface area (Å²) in [5.41, 5.74) is 1.52. The van der Waals surface area contributed by atoms with Crippen molar-refractivity contribution in [2.24, 2.45) is 5.92 Å². The molecule has 0 bridgehead atoms. The number of piperidine rings is 1. The summed E-state index contributed by atoms with van der Waals surface area (Å²) in [5, 5.41) is 13.3. The second kappa shape index (κ2) is 6.91. The van der Waals surface area contributed by atoms with Crippen LogP contribution in [0.3, 0.4) is 0 Å². The number of hydrogen-bond acceptors (Lipinski definition) is 7. The molecule has 26 heavy (non-hydrogen) atoms. The highest BCUT2D eigenvalue weighted by atomic mass is 16.5. The van der Waals surface area contributed by atoms with Crippen LogP contribution in [0.15, 0.2) is 47.4 Å². The van der Waals surface area contributed by atoms with Crippen LogP contribution in [-0.4, -0.2) is 44.3 Å². The Morgan fingerprint density at radius 2 is 2.19 bits per heavy atom. The van der Waals surface area contributed by atoms with Gasteiger partial charge >= 0.3 is 5.97 Å². The van der Waals surface area contributed by atoms with Gasteiger partial charge in [-0.05, 0) is 37.1 Å². The Labute approximate surface area is 149 Å². The van der Waals surface area contributed by atoms with Crippen LogP contribution in [0.5, 0.6) is 0 Å². The van der Waals surface area contributed by atoms with Crippen molar-refractivity contribution in [3.63, 3.8) is 0 Å². The second-order valence-corrected chi connectivity index (χ2v) is 6.19. The van der Waals surface area contributed by atoms with E-state index < -0.39 is 5.97 Å². The van der Waals surface area contributed by atoms with Crippen molar-refractivity contribution >= 4 is 11.8 Å². The normalized spacial score (nSPS) is 17.2. The number of anilines is 1. The average molecular weight is 351 g/mol. The summed E-state index contributed by atoms with van der Waals surface area (Å²) in [6.45, 7) is 1.24. The van der Waals surface area contributed by atoms with Gasteiger partial charge in [-0.2, -0.15) is 4.98 Å². The largest absolute Gasteiger partial charge is 0.481 e. The van der Waals surface area contributed by atoms with Crippen molar-refractivity contribution in [2.75, 3.05) is 18.0 Å². The predicted octanol–water partition coefficient (Wildman–Crippen LogP) is 2.49. The molecule has 1 atom stereocenters. The molecule has 0 spiro atoms. The molecule has 132 valence electrons. The van der Waals surface area contributed by atoms with Crippen LogP contribution >= 0.6 is 0 Å². The van der Waals surface area contributed by atoms with Crippen LogP contribution in [-0.2, 0) is 4.79 Å². The summed E-state index contributed by atoms with van der Waals surface area (Å²) in [5.74, 6) is 0.447. The Bertz CT molecular complexity index is 912. The monoisotopic (exact) mass is 351 g/mol. The maximum absolute atomic E-state index is 11.3. The van der Waals surface area contributed by atoms with Crippen molar-refractivity contribution in [1.29, 1.82) is 0 Å². The molecule has 0 radical (unpaired) electrons. The van der Waals surface area contributed by atoms with Crippen molar-refractivity contribution in [3.05, 3.63) is 42.9 Å². The number of nitrogens with zero attached hydrogens (tertiary/aromatic N) is 5. The molecule has 4 rings (SSSR count). The third-order valence-electron chi connectivity index (χ3n) is 4.43. The summed E-state index contributed by atoms with van der Waals surface area (Å²) in [7, 11) is 0. The van der Waals surface area contributed by atoms with Crippen LogP contribution in [0.2, 0.25) is 0 Å². The standard InChI is InChI=1S/C18H17N5O3/c24-18(25)14-4-2-8-23(11-14)15-9-12(5-7-20-15)17-21-16(22-26-17)13-3-1-6-19-10-13/h1,3,5-7,9-10,14H,2,4,8,11H2,(H,24,25). The number of carboxylic acids is 1. The van der Waals surface area contributed by atoms with Gasteiger partial charge in [0.05, 0.1) is 5.92 Å². The molecule has 1 N–H and O–H groups in total. The molecule has 1 fully saturated rings. The number of rotatable bonds is 4. The third kappa shape index (κ3) is 3.26. The van der Waals surface area contributed by atoms with E-state index in [9.17, 15) is 9.90 Å². The zero-order chi connectivity index (χ0) is 17.9. The highest BCUT2D eigenvalue weighted by Crippen LogP contribution is 2.27. The van der Waals surface area contributed by atoms with Gasteiger partial charge in [0.15, 0.2) is 0 Å². The van der Waals surface area contributed by atoms with E-state index in [1.54, 1.807) is 24.7 Å². The molecule has 0 amide bonds. The Morgan fingerprint density at radius 1 is 1.27 bits per heavy atom. The number of hydrogen-bond donors (Lipinski definition) is 1. The zero-order valence-electron chi connectivity index (χ0n) is 13.9. The van der Waals surface area contributed by atoms with Gasteiger partial charge in [-0.25, -0.2) is 4.98 Å². The van der Waals surface area contributed by atoms with Gasteiger partial charge in [0.1, 0.15) is 5.82 Å². The number of aliphatic carboxylic acids is 1. The highest BCUT2D eigenvalue weighted by molar-refractivity contribution is 5.71. The molecule has 8 nitrogen and oxygen atoms in total. The molecule has 1 aliphatic heterocycles. The van der Waals surface area contributed by atoms with Crippen LogP contribution in [0.4, 0.5) is 5.82 Å². The van der Waals surface area contributed by atoms with Gasteiger partial charge in [-0.3, -0.25) is 9.78 Å². The topological polar surface area (TPSA) is 105 Å². The summed E-state index contributed by atoms with van der Waals surface area (Å²) in [6.07, 6.45) is 6.55. The van der Waals surface area contributed by atoms with Crippen molar-refractivity contribution in [2.45, 2.75) is 12.8 Å². The summed E-state index contributed by atoms with van der Waals surface area (Å²) < 4.78 is 5.38. The lowest BCUT2D eigenvalue weighted by atomic mass is 9.98. The maximum atomic E-state index is 11.3. The molecule has 1 unspecified atom stereocenters. The minimum atomic E-state index is -0.760. The van der Waals surface area contributed by atoms with E-state index in [1.165, 1.54) is 0 Å². The lowest BCUT2D eigenvalue weighted by Gasteiger charge is -2.31. The molecule has 0 saturated carbocycles. The molecule has 1 saturated heterocycles. The van der Waals surface area contributed by atoms with Crippen LogP contribution < -0.4 is 4.90 Å². The number of carbonyl (C=O) groups is 1. The Kier molecular flexibility index (Phi) is 4.30. The van der Waals surface area contributed by atoms with Crippen LogP contribution in [0, 0.1) is 5.92 Å². The van der Waals surface area contributed by atoms with E-state index in [0.717, 1.165) is 29.9 Å². The quantitative estimate of drug-likeness (QED) is 0.764. The maximum Gasteiger partial charge on any atom is 0.308 e. The van der Waals surface area contributed by atoms with Gasteiger partial charge in [-0.1, -0.05) is 5.16 Å². The fraction of sp³-hybridized carbons (Fsp3) is 0.278. The van der Waals surface area contributed by atoms with E-state index in [1.807, 2.05) is 23.1 Å². The molecule has 4 heterocycles. The summed E-state index contributed by atoms with van der Waals surface area (Å²) >= 11 is 0. The highest BCUT2D eigenvalue weighted by Gasteiger charge is 2.26. The first-order chi connectivity index (χ1) is 12.7. The van der Waals surface area contributed by atoms with Crippen LogP contribution in [0.25, 0.3) is 22.8 Å². The first-order valence-corrected chi connectivity index (χ1v) is 8.39. The van der Waals surface area contributed by atoms with E-state index in [0.29, 0.717) is 24.7 Å². The Balaban J connectivity index is 1.58. The molecular formula is C18H17N5O3. The SMILES string of the molecule is O=C(O)C1CCCN(c2cc(-c3nc(-c4cccnc4)no3)ccn2)C1. The summed E-state index contributed by atoms with van der Waals surface area (Å²) in [6, 6.07) is 7.32. The van der Waals surface area contributed by atoms with Crippen molar-refractivity contribution in [3.8, 4) is 22.8 Å². The minimum absolute atomic E-state index is 0.366. The molecule has 0 aromatic carbocycles. The zero-order valence-corrected chi connectivity index (χ0v) is 13.9. The molecule has 8 heteroatoms. The number of aromatic nitrogens is 4. The predicted molar refractivity (Wildman–Crippen MR) is 93.3 cm³/mol. The lowest BCUT2D eigenvalue weighted by molar-refractivity contribution is -0.141. The molecule has 3 aromatic rings. The smallest absolute Gasteiger partial charge is 0.308 e. The fourth-order valence-electron chi connectivity index (χ4n) is 3.06. The van der Waals surface area contributed by atoms with Gasteiger partial charge in [0.25, 0.3) is 5.89 Å². The van der Waals surface area contributed by atoms with Gasteiger partial charge in [0.2, 0.25) is 5.82 Å². The van der Waals surface area contributed by atoms with Crippen molar-refractivity contribution < 1.29 is 14.4 Å². The lowest BCUT2D eigenvalue weighted by Crippen LogP contribution is -2.39. The van der Waals surface area contributed by atoms with E-state index in [2.05, 4.69) is 20.1 Å². The third-order valence-corrected chi connectivity index (χ3v) is 4.43. The molecule has 1 aliphatic rings. The van der Waals surface area contributed by atoms with Crippen molar-refractivity contribution in [1.82, 2.24) is 20.1 Å². The Hall–Kier alpha value is -3.29. The molecular weight excluding hydrogens is 334 g/mol. The first kappa shape index (κ1) is 16.2. The van der Waals surface area contributed by atoms with Gasteiger partial charge in [-0.15, -0.1) is 0 Å². The molecule has 3 aromatic heterocycles. The fourth-order valence-corrected chi connectivity index (χ4v) is 3.06.